The molecule has 0 aromatic heterocycles. The van der Waals surface area contributed by atoms with Gasteiger partial charge in [0.15, 0.2) is 0 Å². The Balaban J connectivity index is 2.10. The zero-order chi connectivity index (χ0) is 14.5. The Bertz CT molecular complexity index is 475. The molecule has 5 nitrogen and oxygen atoms in total. The van der Waals surface area contributed by atoms with Crippen molar-refractivity contribution in [3.05, 3.63) is 31.9 Å². The SMILES string of the molecule is CCN(CC1CCCNC1)c1ccc([N+](=O)[O-])c(I)c1. The molecule has 1 aliphatic heterocycles. The number of benzene rings is 1. The highest BCUT2D eigenvalue weighted by atomic mass is 127. The third-order valence-electron chi connectivity index (χ3n) is 3.75. The van der Waals surface area contributed by atoms with Crippen LogP contribution in [0, 0.1) is 19.6 Å². The molecule has 20 heavy (non-hydrogen) atoms. The summed E-state index contributed by atoms with van der Waals surface area (Å²) in [6.07, 6.45) is 2.49. The number of halogens is 1. The van der Waals surface area contributed by atoms with Gasteiger partial charge in [-0.15, -0.1) is 0 Å². The zero-order valence-electron chi connectivity index (χ0n) is 11.6. The molecule has 1 atom stereocenters. The molecule has 1 aromatic carbocycles. The van der Waals surface area contributed by atoms with Crippen LogP contribution in [0.4, 0.5) is 11.4 Å². The molecule has 0 radical (unpaired) electrons. The number of anilines is 1. The highest BCUT2D eigenvalue weighted by Crippen LogP contribution is 2.27. The Morgan fingerprint density at radius 2 is 2.35 bits per heavy atom. The number of nitrogens with zero attached hydrogens (tertiary/aromatic N) is 2. The number of piperidine rings is 1. The fourth-order valence-corrected chi connectivity index (χ4v) is 3.34. The first-order valence-corrected chi connectivity index (χ1v) is 8.09. The summed E-state index contributed by atoms with van der Waals surface area (Å²) in [7, 11) is 0. The van der Waals surface area contributed by atoms with Crippen LogP contribution in [-0.4, -0.2) is 31.1 Å². The summed E-state index contributed by atoms with van der Waals surface area (Å²) in [6, 6.07) is 5.39. The Morgan fingerprint density at radius 3 is 2.90 bits per heavy atom. The minimum atomic E-state index is -0.326. The maximum Gasteiger partial charge on any atom is 0.282 e. The Morgan fingerprint density at radius 1 is 1.55 bits per heavy atom. The highest BCUT2D eigenvalue weighted by molar-refractivity contribution is 14.1. The molecule has 0 aliphatic carbocycles. The maximum atomic E-state index is 10.9. The third kappa shape index (κ3) is 3.82. The second-order valence-electron chi connectivity index (χ2n) is 5.14. The molecule has 1 aliphatic rings. The van der Waals surface area contributed by atoms with Crippen molar-refractivity contribution in [2.75, 3.05) is 31.1 Å². The molecule has 6 heteroatoms. The summed E-state index contributed by atoms with van der Waals surface area (Å²) in [5.74, 6) is 0.663. The van der Waals surface area contributed by atoms with E-state index in [0.717, 1.165) is 31.9 Å². The van der Waals surface area contributed by atoms with E-state index in [1.54, 1.807) is 6.07 Å². The average molecular weight is 389 g/mol. The molecule has 1 N–H and O–H groups in total. The van der Waals surface area contributed by atoms with Crippen molar-refractivity contribution in [2.45, 2.75) is 19.8 Å². The number of nitro groups is 1. The molecule has 0 bridgehead atoms. The second kappa shape index (κ2) is 7.21. The lowest BCUT2D eigenvalue weighted by Crippen LogP contribution is -2.38. The molecular weight excluding hydrogens is 369 g/mol. The van der Waals surface area contributed by atoms with Gasteiger partial charge >= 0.3 is 0 Å². The number of hydrogen-bond acceptors (Lipinski definition) is 4. The molecule has 0 saturated carbocycles. The van der Waals surface area contributed by atoms with Gasteiger partial charge in [0.2, 0.25) is 0 Å². The van der Waals surface area contributed by atoms with E-state index >= 15 is 0 Å². The van der Waals surface area contributed by atoms with Crippen LogP contribution < -0.4 is 10.2 Å². The highest BCUT2D eigenvalue weighted by Gasteiger charge is 2.18. The van der Waals surface area contributed by atoms with Crippen molar-refractivity contribution in [1.29, 1.82) is 0 Å². The van der Waals surface area contributed by atoms with Crippen LogP contribution in [0.2, 0.25) is 0 Å². The summed E-state index contributed by atoms with van der Waals surface area (Å²) in [4.78, 5) is 12.9. The molecule has 1 aromatic rings. The lowest BCUT2D eigenvalue weighted by atomic mass is 9.99. The number of rotatable bonds is 5. The standard InChI is InChI=1S/C14H20IN3O2/c1-2-17(10-11-4-3-7-16-9-11)12-5-6-14(18(19)20)13(15)8-12/h5-6,8,11,16H,2-4,7,9-10H2,1H3. The number of nitro benzene ring substituents is 1. The van der Waals surface area contributed by atoms with Crippen molar-refractivity contribution < 1.29 is 4.92 Å². The monoisotopic (exact) mass is 389 g/mol. The third-order valence-corrected chi connectivity index (χ3v) is 4.62. The summed E-state index contributed by atoms with van der Waals surface area (Å²) in [5.41, 5.74) is 1.26. The van der Waals surface area contributed by atoms with Crippen molar-refractivity contribution in [1.82, 2.24) is 5.32 Å². The van der Waals surface area contributed by atoms with Crippen molar-refractivity contribution in [3.8, 4) is 0 Å². The predicted molar refractivity (Wildman–Crippen MR) is 89.3 cm³/mol. The van der Waals surface area contributed by atoms with E-state index in [1.165, 1.54) is 12.8 Å². The molecule has 1 fully saturated rings. The van der Waals surface area contributed by atoms with Gasteiger partial charge in [-0.05, 0) is 73.5 Å². The summed E-state index contributed by atoms with van der Waals surface area (Å²) in [5, 5.41) is 14.3. The molecule has 110 valence electrons. The number of nitrogens with one attached hydrogen (secondary N) is 1. The van der Waals surface area contributed by atoms with Gasteiger partial charge in [0.25, 0.3) is 5.69 Å². The van der Waals surface area contributed by atoms with Gasteiger partial charge in [-0.2, -0.15) is 0 Å². The van der Waals surface area contributed by atoms with Crippen LogP contribution in [0.1, 0.15) is 19.8 Å². The van der Waals surface area contributed by atoms with E-state index in [9.17, 15) is 10.1 Å². The van der Waals surface area contributed by atoms with E-state index in [0.29, 0.717) is 9.49 Å². The molecule has 2 rings (SSSR count). The van der Waals surface area contributed by atoms with Crippen LogP contribution >= 0.6 is 22.6 Å². The van der Waals surface area contributed by atoms with Crippen LogP contribution in [0.3, 0.4) is 0 Å². The zero-order valence-corrected chi connectivity index (χ0v) is 13.8. The maximum absolute atomic E-state index is 10.9. The van der Waals surface area contributed by atoms with Crippen LogP contribution in [0.25, 0.3) is 0 Å². The smallest absolute Gasteiger partial charge is 0.282 e. The topological polar surface area (TPSA) is 58.4 Å². The average Bonchev–Trinajstić information content (AvgIpc) is 2.45. The van der Waals surface area contributed by atoms with E-state index < -0.39 is 0 Å². The summed E-state index contributed by atoms with van der Waals surface area (Å²) < 4.78 is 0.699. The number of hydrogen-bond donors (Lipinski definition) is 1. The van der Waals surface area contributed by atoms with Gasteiger partial charge in [-0.1, -0.05) is 0 Å². The Labute approximate surface area is 133 Å². The Kier molecular flexibility index (Phi) is 5.59. The normalized spacial score (nSPS) is 18.8. The molecule has 1 saturated heterocycles. The van der Waals surface area contributed by atoms with Crippen LogP contribution in [-0.2, 0) is 0 Å². The summed E-state index contributed by atoms with van der Waals surface area (Å²) >= 11 is 2.04. The van der Waals surface area contributed by atoms with Crippen molar-refractivity contribution in [3.63, 3.8) is 0 Å². The molecule has 0 amide bonds. The van der Waals surface area contributed by atoms with E-state index in [4.69, 9.17) is 0 Å². The Hall–Kier alpha value is -0.890. The van der Waals surface area contributed by atoms with Gasteiger partial charge in [-0.25, -0.2) is 0 Å². The van der Waals surface area contributed by atoms with Crippen LogP contribution in [0.15, 0.2) is 18.2 Å². The largest absolute Gasteiger partial charge is 0.371 e. The lowest BCUT2D eigenvalue weighted by Gasteiger charge is -2.31. The first-order chi connectivity index (χ1) is 9.61. The predicted octanol–water partition coefficient (Wildman–Crippen LogP) is 3.03. The molecular formula is C14H20IN3O2. The van der Waals surface area contributed by atoms with E-state index in [2.05, 4.69) is 17.1 Å². The molecule has 1 heterocycles. The van der Waals surface area contributed by atoms with Gasteiger partial charge in [0.1, 0.15) is 0 Å². The van der Waals surface area contributed by atoms with Gasteiger partial charge in [0, 0.05) is 24.8 Å². The van der Waals surface area contributed by atoms with Gasteiger partial charge < -0.3 is 10.2 Å². The van der Waals surface area contributed by atoms with Gasteiger partial charge in [-0.3, -0.25) is 10.1 Å². The fraction of sp³-hybridized carbons (Fsp3) is 0.571. The minimum absolute atomic E-state index is 0.185. The summed E-state index contributed by atoms with van der Waals surface area (Å²) in [6.45, 7) is 6.25. The van der Waals surface area contributed by atoms with Crippen molar-refractivity contribution >= 4 is 34.0 Å². The second-order valence-corrected chi connectivity index (χ2v) is 6.31. The van der Waals surface area contributed by atoms with Crippen LogP contribution in [0.5, 0.6) is 0 Å². The van der Waals surface area contributed by atoms with E-state index in [1.807, 2.05) is 34.7 Å². The van der Waals surface area contributed by atoms with Gasteiger partial charge in [0.05, 0.1) is 8.49 Å². The lowest BCUT2D eigenvalue weighted by molar-refractivity contribution is -0.385. The minimum Gasteiger partial charge on any atom is -0.371 e. The van der Waals surface area contributed by atoms with Crippen molar-refractivity contribution in [2.24, 2.45) is 5.92 Å². The van der Waals surface area contributed by atoms with E-state index in [-0.39, 0.29) is 10.6 Å². The molecule has 0 spiro atoms. The fourth-order valence-electron chi connectivity index (χ4n) is 2.65. The quantitative estimate of drug-likeness (QED) is 0.478. The first-order valence-electron chi connectivity index (χ1n) is 7.01. The molecule has 1 unspecified atom stereocenters. The first kappa shape index (κ1) is 15.5.